The van der Waals surface area contributed by atoms with Crippen molar-refractivity contribution in [2.24, 2.45) is 10.9 Å². The van der Waals surface area contributed by atoms with Crippen LogP contribution in [0.25, 0.3) is 0 Å². The summed E-state index contributed by atoms with van der Waals surface area (Å²) in [4.78, 5) is 14.9. The molecule has 0 aromatic carbocycles. The average molecular weight is 504 g/mol. The van der Waals surface area contributed by atoms with Crippen molar-refractivity contribution in [3.8, 4) is 0 Å². The van der Waals surface area contributed by atoms with E-state index in [0.29, 0.717) is 5.92 Å². The molecule has 27 heavy (non-hydrogen) atoms. The quantitative estimate of drug-likeness (QED) is 0.371. The molecule has 150 valence electrons. The van der Waals surface area contributed by atoms with Gasteiger partial charge in [-0.05, 0) is 5.92 Å². The summed E-state index contributed by atoms with van der Waals surface area (Å²) in [5.74, 6) is 1.60. The monoisotopic (exact) mass is 504 g/mol. The lowest BCUT2D eigenvalue weighted by atomic mass is 10.1. The minimum Gasteiger partial charge on any atom is -0.364 e. The molecule has 0 amide bonds. The van der Waals surface area contributed by atoms with Gasteiger partial charge in [-0.25, -0.2) is 4.98 Å². The highest BCUT2D eigenvalue weighted by atomic mass is 127. The maximum Gasteiger partial charge on any atom is 0.194 e. The molecule has 0 spiro atoms. The van der Waals surface area contributed by atoms with Crippen LogP contribution >= 0.6 is 35.3 Å². The molecule has 0 saturated carbocycles. The molecule has 1 N–H and O–H groups in total. The zero-order valence-corrected chi connectivity index (χ0v) is 19.4. The van der Waals surface area contributed by atoms with Gasteiger partial charge in [-0.2, -0.15) is 0 Å². The van der Waals surface area contributed by atoms with Crippen LogP contribution in [0.1, 0.15) is 29.4 Å². The predicted octanol–water partition coefficient (Wildman–Crippen LogP) is 2.84. The largest absolute Gasteiger partial charge is 0.364 e. The Labute approximate surface area is 182 Å². The summed E-state index contributed by atoms with van der Waals surface area (Å²) < 4.78 is 4.91. The Hall–Kier alpha value is -1.20. The molecule has 2 aromatic rings. The molecular formula is C18H29IN6OS. The molecule has 1 fully saturated rings. The van der Waals surface area contributed by atoms with Crippen molar-refractivity contribution in [3.05, 3.63) is 34.1 Å². The van der Waals surface area contributed by atoms with Crippen LogP contribution in [-0.2, 0) is 19.5 Å². The summed E-state index contributed by atoms with van der Waals surface area (Å²) in [6.45, 7) is 9.97. The molecular weight excluding hydrogens is 475 g/mol. The number of guanidine groups is 1. The number of hydrogen-bond donors (Lipinski definition) is 1. The molecule has 0 unspecified atom stereocenters. The number of rotatable bonds is 6. The van der Waals surface area contributed by atoms with Gasteiger partial charge < -0.3 is 14.7 Å². The van der Waals surface area contributed by atoms with E-state index in [1.807, 2.05) is 19.3 Å². The maximum absolute atomic E-state index is 4.91. The Bertz CT molecular complexity index is 695. The third-order valence-corrected chi connectivity index (χ3v) is 5.39. The van der Waals surface area contributed by atoms with Crippen molar-refractivity contribution >= 4 is 41.3 Å². The van der Waals surface area contributed by atoms with Crippen molar-refractivity contribution in [2.75, 3.05) is 33.2 Å². The lowest BCUT2D eigenvalue weighted by molar-refractivity contribution is 0.169. The van der Waals surface area contributed by atoms with Gasteiger partial charge in [0.15, 0.2) is 5.96 Å². The van der Waals surface area contributed by atoms with E-state index in [-0.39, 0.29) is 24.0 Å². The zero-order valence-electron chi connectivity index (χ0n) is 16.2. The van der Waals surface area contributed by atoms with E-state index in [4.69, 9.17) is 4.52 Å². The van der Waals surface area contributed by atoms with Crippen LogP contribution in [0, 0.1) is 5.92 Å². The van der Waals surface area contributed by atoms with Gasteiger partial charge in [-0.15, -0.1) is 35.3 Å². The van der Waals surface area contributed by atoms with E-state index in [1.165, 1.54) is 9.88 Å². The molecule has 0 bridgehead atoms. The number of thiazole rings is 1. The van der Waals surface area contributed by atoms with Crippen LogP contribution in [0.15, 0.2) is 28.0 Å². The third-order valence-electron chi connectivity index (χ3n) is 4.37. The Balaban J connectivity index is 0.00000261. The van der Waals surface area contributed by atoms with Crippen LogP contribution < -0.4 is 5.32 Å². The summed E-state index contributed by atoms with van der Waals surface area (Å²) in [6.07, 6.45) is 4.66. The molecule has 1 aliphatic heterocycles. The van der Waals surface area contributed by atoms with Gasteiger partial charge in [0.25, 0.3) is 0 Å². The summed E-state index contributed by atoms with van der Waals surface area (Å²) >= 11 is 1.79. The van der Waals surface area contributed by atoms with Crippen molar-refractivity contribution in [2.45, 2.75) is 33.4 Å². The van der Waals surface area contributed by atoms with E-state index < -0.39 is 0 Å². The first-order valence-corrected chi connectivity index (χ1v) is 9.96. The summed E-state index contributed by atoms with van der Waals surface area (Å²) in [6, 6.07) is 1.93. The number of nitrogens with one attached hydrogen (secondary N) is 1. The second-order valence-corrected chi connectivity index (χ2v) is 8.17. The minimum absolute atomic E-state index is 0. The fraction of sp³-hybridized carbons (Fsp3) is 0.611. The molecule has 1 saturated heterocycles. The Kier molecular flexibility index (Phi) is 8.97. The van der Waals surface area contributed by atoms with E-state index in [2.05, 4.69) is 44.1 Å². The Morgan fingerprint density at radius 3 is 2.74 bits per heavy atom. The number of nitrogens with zero attached hydrogens (tertiary/aromatic N) is 5. The van der Waals surface area contributed by atoms with Crippen molar-refractivity contribution in [3.63, 3.8) is 0 Å². The highest BCUT2D eigenvalue weighted by Gasteiger charge is 2.20. The van der Waals surface area contributed by atoms with Crippen LogP contribution in [0.5, 0.6) is 0 Å². The molecule has 0 atom stereocenters. The van der Waals surface area contributed by atoms with E-state index in [1.54, 1.807) is 17.6 Å². The topological polar surface area (TPSA) is 69.8 Å². The van der Waals surface area contributed by atoms with Gasteiger partial charge in [0, 0.05) is 63.3 Å². The average Bonchev–Trinajstić information content (AvgIpc) is 3.28. The van der Waals surface area contributed by atoms with Gasteiger partial charge in [0.2, 0.25) is 0 Å². The van der Waals surface area contributed by atoms with Gasteiger partial charge >= 0.3 is 0 Å². The zero-order chi connectivity index (χ0) is 18.4. The summed E-state index contributed by atoms with van der Waals surface area (Å²) in [5.41, 5.74) is 0.989. The van der Waals surface area contributed by atoms with Crippen LogP contribution in [0.3, 0.4) is 0 Å². The van der Waals surface area contributed by atoms with Crippen LogP contribution in [0.2, 0.25) is 0 Å². The minimum atomic E-state index is 0. The molecule has 0 aliphatic carbocycles. The van der Waals surface area contributed by atoms with E-state index in [0.717, 1.165) is 57.3 Å². The molecule has 7 nitrogen and oxygen atoms in total. The molecule has 9 heteroatoms. The predicted molar refractivity (Wildman–Crippen MR) is 120 cm³/mol. The van der Waals surface area contributed by atoms with E-state index in [9.17, 15) is 0 Å². The third kappa shape index (κ3) is 6.72. The smallest absolute Gasteiger partial charge is 0.194 e. The van der Waals surface area contributed by atoms with Gasteiger partial charge in [0.05, 0.1) is 17.2 Å². The fourth-order valence-corrected chi connectivity index (χ4v) is 4.11. The molecule has 2 aromatic heterocycles. The Morgan fingerprint density at radius 1 is 1.33 bits per heavy atom. The molecule has 0 radical (unpaired) electrons. The van der Waals surface area contributed by atoms with E-state index >= 15 is 0 Å². The van der Waals surface area contributed by atoms with Crippen molar-refractivity contribution < 1.29 is 4.52 Å². The van der Waals surface area contributed by atoms with Crippen LogP contribution in [0.4, 0.5) is 0 Å². The number of piperazine rings is 1. The first kappa shape index (κ1) is 22.1. The fourth-order valence-electron chi connectivity index (χ4n) is 3.04. The lowest BCUT2D eigenvalue weighted by Gasteiger charge is -2.36. The number of aliphatic imine (C=N–C) groups is 1. The first-order valence-electron chi connectivity index (χ1n) is 9.15. The normalized spacial score (nSPS) is 15.9. The lowest BCUT2D eigenvalue weighted by Crippen LogP contribution is -2.52. The SMILES string of the molecule is CN=C(NCc1cnc(CC(C)C)s1)N1CCN(Cc2ccon2)CC1.I. The molecule has 3 rings (SSSR count). The van der Waals surface area contributed by atoms with Crippen molar-refractivity contribution in [1.29, 1.82) is 0 Å². The standard InChI is InChI=1S/C18H28N6OS.HI/c1-14(2)10-17-20-11-16(26-17)12-21-18(19-3)24-7-5-23(6-8-24)13-15-4-9-25-22-15;/h4,9,11,14H,5-8,10,12-13H2,1-3H3,(H,19,21);1H. The maximum atomic E-state index is 4.91. The number of halogens is 1. The number of aromatic nitrogens is 2. The highest BCUT2D eigenvalue weighted by molar-refractivity contribution is 14.0. The molecule has 1 aliphatic rings. The van der Waals surface area contributed by atoms with Gasteiger partial charge in [-0.1, -0.05) is 19.0 Å². The van der Waals surface area contributed by atoms with Crippen LogP contribution in [-0.4, -0.2) is 59.1 Å². The van der Waals surface area contributed by atoms with Gasteiger partial charge in [-0.3, -0.25) is 9.89 Å². The summed E-state index contributed by atoms with van der Waals surface area (Å²) in [5, 5.41) is 8.69. The second kappa shape index (κ2) is 11.0. The highest BCUT2D eigenvalue weighted by Crippen LogP contribution is 2.16. The first-order chi connectivity index (χ1) is 12.6. The van der Waals surface area contributed by atoms with Crippen molar-refractivity contribution in [1.82, 2.24) is 25.3 Å². The molecule has 3 heterocycles. The second-order valence-electron chi connectivity index (χ2n) is 6.97. The number of hydrogen-bond acceptors (Lipinski definition) is 6. The van der Waals surface area contributed by atoms with Gasteiger partial charge in [0.1, 0.15) is 6.26 Å². The summed E-state index contributed by atoms with van der Waals surface area (Å²) in [7, 11) is 1.85. The Morgan fingerprint density at radius 2 is 2.11 bits per heavy atom.